The zero-order valence-corrected chi connectivity index (χ0v) is 8.29. The molecule has 1 fully saturated rings. The van der Waals surface area contributed by atoms with Gasteiger partial charge in [-0.05, 0) is 32.1 Å². The minimum Gasteiger partial charge on any atom is -0.392 e. The van der Waals surface area contributed by atoms with Crippen LogP contribution in [-0.4, -0.2) is 23.0 Å². The molecule has 3 heteroatoms. The SMILES string of the molecule is C[C@@H]1CCC2C(=NOC2(C)CO)C1. The summed E-state index contributed by atoms with van der Waals surface area (Å²) in [6.45, 7) is 4.26. The van der Waals surface area contributed by atoms with Crippen LogP contribution in [0.3, 0.4) is 0 Å². The highest BCUT2D eigenvalue weighted by molar-refractivity contribution is 5.89. The van der Waals surface area contributed by atoms with Crippen molar-refractivity contribution in [2.75, 3.05) is 6.61 Å². The fourth-order valence-electron chi connectivity index (χ4n) is 2.34. The highest BCUT2D eigenvalue weighted by atomic mass is 16.7. The third-order valence-corrected chi connectivity index (χ3v) is 3.33. The number of nitrogens with zero attached hydrogens (tertiary/aromatic N) is 1. The minimum atomic E-state index is -0.435. The topological polar surface area (TPSA) is 41.8 Å². The van der Waals surface area contributed by atoms with Crippen LogP contribution in [-0.2, 0) is 4.84 Å². The zero-order chi connectivity index (χ0) is 9.47. The minimum absolute atomic E-state index is 0.0685. The lowest BCUT2D eigenvalue weighted by Gasteiger charge is -2.31. The van der Waals surface area contributed by atoms with E-state index in [-0.39, 0.29) is 6.61 Å². The molecule has 0 aromatic heterocycles. The first-order valence-electron chi connectivity index (χ1n) is 5.01. The van der Waals surface area contributed by atoms with Gasteiger partial charge in [-0.2, -0.15) is 0 Å². The van der Waals surface area contributed by atoms with Gasteiger partial charge in [0.25, 0.3) is 0 Å². The van der Waals surface area contributed by atoms with Crippen LogP contribution in [0.4, 0.5) is 0 Å². The van der Waals surface area contributed by atoms with Gasteiger partial charge in [-0.25, -0.2) is 0 Å². The van der Waals surface area contributed by atoms with Crippen molar-refractivity contribution in [3.63, 3.8) is 0 Å². The number of hydrogen-bond acceptors (Lipinski definition) is 3. The molecule has 3 atom stereocenters. The number of fused-ring (bicyclic) bond motifs is 1. The fraction of sp³-hybridized carbons (Fsp3) is 0.900. The van der Waals surface area contributed by atoms with Crippen molar-refractivity contribution in [2.45, 2.75) is 38.7 Å². The molecule has 1 heterocycles. The molecule has 0 bridgehead atoms. The average molecular weight is 183 g/mol. The molecule has 0 spiro atoms. The van der Waals surface area contributed by atoms with Gasteiger partial charge in [0.1, 0.15) is 0 Å². The van der Waals surface area contributed by atoms with E-state index in [0.29, 0.717) is 5.92 Å². The smallest absolute Gasteiger partial charge is 0.165 e. The lowest BCUT2D eigenvalue weighted by molar-refractivity contribution is -0.0691. The third kappa shape index (κ3) is 1.35. The van der Waals surface area contributed by atoms with Gasteiger partial charge >= 0.3 is 0 Å². The third-order valence-electron chi connectivity index (χ3n) is 3.33. The molecule has 2 unspecified atom stereocenters. The largest absolute Gasteiger partial charge is 0.392 e. The second kappa shape index (κ2) is 2.98. The molecule has 1 aliphatic heterocycles. The Morgan fingerprint density at radius 3 is 3.08 bits per heavy atom. The zero-order valence-electron chi connectivity index (χ0n) is 8.29. The molecule has 2 aliphatic rings. The quantitative estimate of drug-likeness (QED) is 0.670. The van der Waals surface area contributed by atoms with Crippen molar-refractivity contribution < 1.29 is 9.94 Å². The maximum Gasteiger partial charge on any atom is 0.165 e. The van der Waals surface area contributed by atoms with Gasteiger partial charge in [0.15, 0.2) is 5.60 Å². The summed E-state index contributed by atoms with van der Waals surface area (Å²) in [5.74, 6) is 1.08. The van der Waals surface area contributed by atoms with Gasteiger partial charge in [-0.3, -0.25) is 0 Å². The normalized spacial score (nSPS) is 43.8. The van der Waals surface area contributed by atoms with Crippen LogP contribution in [0.15, 0.2) is 5.16 Å². The Morgan fingerprint density at radius 2 is 2.38 bits per heavy atom. The van der Waals surface area contributed by atoms with E-state index in [4.69, 9.17) is 4.84 Å². The van der Waals surface area contributed by atoms with Crippen molar-refractivity contribution in [1.29, 1.82) is 0 Å². The van der Waals surface area contributed by atoms with Crippen LogP contribution in [0.1, 0.15) is 33.1 Å². The fourth-order valence-corrected chi connectivity index (χ4v) is 2.34. The van der Waals surface area contributed by atoms with Crippen LogP contribution >= 0.6 is 0 Å². The monoisotopic (exact) mass is 183 g/mol. The van der Waals surface area contributed by atoms with Crippen LogP contribution in [0.2, 0.25) is 0 Å². The van der Waals surface area contributed by atoms with Crippen LogP contribution in [0, 0.1) is 11.8 Å². The summed E-state index contributed by atoms with van der Waals surface area (Å²) < 4.78 is 0. The molecule has 0 saturated heterocycles. The van der Waals surface area contributed by atoms with Crippen LogP contribution in [0.25, 0.3) is 0 Å². The highest BCUT2D eigenvalue weighted by Gasteiger charge is 2.46. The Balaban J connectivity index is 2.14. The van der Waals surface area contributed by atoms with E-state index < -0.39 is 5.60 Å². The van der Waals surface area contributed by atoms with Crippen molar-refractivity contribution in [3.8, 4) is 0 Å². The standard InChI is InChI=1S/C10H17NO2/c1-7-3-4-8-9(5-7)11-13-10(8,2)6-12/h7-8,12H,3-6H2,1-2H3/t7-,8?,10?/m1/s1. The highest BCUT2D eigenvalue weighted by Crippen LogP contribution is 2.39. The van der Waals surface area contributed by atoms with Gasteiger partial charge in [-0.15, -0.1) is 0 Å². The van der Waals surface area contributed by atoms with E-state index in [2.05, 4.69) is 12.1 Å². The van der Waals surface area contributed by atoms with Gasteiger partial charge in [0.05, 0.1) is 12.3 Å². The lowest BCUT2D eigenvalue weighted by Crippen LogP contribution is -2.41. The predicted molar refractivity (Wildman–Crippen MR) is 50.5 cm³/mol. The molecule has 0 aromatic rings. The van der Waals surface area contributed by atoms with E-state index in [1.54, 1.807) is 0 Å². The maximum absolute atomic E-state index is 9.23. The summed E-state index contributed by atoms with van der Waals surface area (Å²) in [5, 5.41) is 13.3. The van der Waals surface area contributed by atoms with Gasteiger partial charge in [-0.1, -0.05) is 12.1 Å². The molecular formula is C10H17NO2. The number of aliphatic hydroxyl groups excluding tert-OH is 1. The van der Waals surface area contributed by atoms with Crippen LogP contribution in [0.5, 0.6) is 0 Å². The van der Waals surface area contributed by atoms with Crippen molar-refractivity contribution in [1.82, 2.24) is 0 Å². The van der Waals surface area contributed by atoms with E-state index >= 15 is 0 Å². The second-order valence-corrected chi connectivity index (χ2v) is 4.58. The van der Waals surface area contributed by atoms with E-state index in [9.17, 15) is 5.11 Å². The van der Waals surface area contributed by atoms with Gasteiger partial charge in [0, 0.05) is 5.92 Å². The first-order chi connectivity index (χ1) is 6.15. The molecule has 0 aromatic carbocycles. The average Bonchev–Trinajstić information content (AvgIpc) is 2.45. The molecular weight excluding hydrogens is 166 g/mol. The summed E-state index contributed by atoms with van der Waals surface area (Å²) in [7, 11) is 0. The Morgan fingerprint density at radius 1 is 1.62 bits per heavy atom. The molecule has 74 valence electrons. The molecule has 0 amide bonds. The first kappa shape index (κ1) is 9.00. The van der Waals surface area contributed by atoms with Crippen molar-refractivity contribution >= 4 is 5.71 Å². The second-order valence-electron chi connectivity index (χ2n) is 4.58. The molecule has 2 rings (SSSR count). The summed E-state index contributed by atoms with van der Waals surface area (Å²) in [4.78, 5) is 5.32. The first-order valence-corrected chi connectivity index (χ1v) is 5.01. The Labute approximate surface area is 78.8 Å². The number of aliphatic hydroxyl groups is 1. The summed E-state index contributed by atoms with van der Waals surface area (Å²) in [6.07, 6.45) is 3.37. The number of rotatable bonds is 1. The van der Waals surface area contributed by atoms with Crippen molar-refractivity contribution in [3.05, 3.63) is 0 Å². The summed E-state index contributed by atoms with van der Waals surface area (Å²) in [6, 6.07) is 0. The predicted octanol–water partition coefficient (Wildman–Crippen LogP) is 1.56. The Hall–Kier alpha value is -0.570. The van der Waals surface area contributed by atoms with E-state index in [1.165, 1.54) is 6.42 Å². The maximum atomic E-state index is 9.23. The molecule has 1 N–H and O–H groups in total. The number of oxime groups is 1. The Kier molecular flexibility index (Phi) is 2.06. The molecule has 1 aliphatic carbocycles. The molecule has 13 heavy (non-hydrogen) atoms. The van der Waals surface area contributed by atoms with Gasteiger partial charge in [0.2, 0.25) is 0 Å². The van der Waals surface area contributed by atoms with E-state index in [0.717, 1.165) is 24.5 Å². The van der Waals surface area contributed by atoms with Crippen LogP contribution < -0.4 is 0 Å². The number of hydrogen-bond donors (Lipinski definition) is 1. The molecule has 3 nitrogen and oxygen atoms in total. The summed E-state index contributed by atoms with van der Waals surface area (Å²) >= 11 is 0. The van der Waals surface area contributed by atoms with Crippen molar-refractivity contribution in [2.24, 2.45) is 17.0 Å². The lowest BCUT2D eigenvalue weighted by atomic mass is 9.74. The molecule has 0 radical (unpaired) electrons. The Bertz CT molecular complexity index is 239. The van der Waals surface area contributed by atoms with E-state index in [1.807, 2.05) is 6.92 Å². The summed E-state index contributed by atoms with van der Waals surface area (Å²) in [5.41, 5.74) is 0.727. The molecule has 1 saturated carbocycles. The van der Waals surface area contributed by atoms with Gasteiger partial charge < -0.3 is 9.94 Å².